The molecule has 1 heterocycles. The Morgan fingerprint density at radius 1 is 1.20 bits per heavy atom. The monoisotopic (exact) mass is 271 g/mol. The number of benzene rings is 2. The zero-order chi connectivity index (χ0) is 14.1. The molecule has 0 spiro atoms. The van der Waals surface area contributed by atoms with E-state index in [1.807, 2.05) is 6.07 Å². The van der Waals surface area contributed by atoms with E-state index >= 15 is 0 Å². The first-order valence-corrected chi connectivity index (χ1v) is 6.51. The van der Waals surface area contributed by atoms with E-state index < -0.39 is 11.9 Å². The molecule has 1 aliphatic heterocycles. The Labute approximate surface area is 116 Å². The summed E-state index contributed by atoms with van der Waals surface area (Å²) in [5, 5.41) is 9.95. The van der Waals surface area contributed by atoms with E-state index in [9.17, 15) is 14.3 Å². The zero-order valence-electron chi connectivity index (χ0n) is 10.8. The van der Waals surface area contributed by atoms with Gasteiger partial charge in [-0.15, -0.1) is 0 Å². The van der Waals surface area contributed by atoms with Crippen LogP contribution in [0.4, 0.5) is 10.1 Å². The van der Waals surface area contributed by atoms with Crippen LogP contribution in [0.25, 0.3) is 0 Å². The summed E-state index contributed by atoms with van der Waals surface area (Å²) in [5.41, 5.74) is 1.64. The molecule has 4 heteroatoms. The van der Waals surface area contributed by atoms with Crippen molar-refractivity contribution in [2.24, 2.45) is 0 Å². The molecule has 1 amide bonds. The number of carbonyl (C=O) groups excluding carboxylic acids is 1. The van der Waals surface area contributed by atoms with Gasteiger partial charge in [-0.2, -0.15) is 0 Å². The van der Waals surface area contributed by atoms with E-state index in [1.54, 1.807) is 35.2 Å². The SMILES string of the molecule is O=C(c1ccccc1)N1CCC(O)c2cc(F)ccc21. The van der Waals surface area contributed by atoms with Crippen LogP contribution < -0.4 is 4.90 Å². The van der Waals surface area contributed by atoms with Gasteiger partial charge >= 0.3 is 0 Å². The molecular weight excluding hydrogens is 257 g/mol. The molecule has 20 heavy (non-hydrogen) atoms. The molecule has 0 bridgehead atoms. The van der Waals surface area contributed by atoms with Gasteiger partial charge in [0.2, 0.25) is 0 Å². The topological polar surface area (TPSA) is 40.5 Å². The minimum Gasteiger partial charge on any atom is -0.388 e. The van der Waals surface area contributed by atoms with Crippen molar-refractivity contribution < 1.29 is 14.3 Å². The molecule has 2 aromatic rings. The Morgan fingerprint density at radius 3 is 2.70 bits per heavy atom. The Bertz CT molecular complexity index is 642. The third kappa shape index (κ3) is 2.18. The predicted molar refractivity (Wildman–Crippen MR) is 74.1 cm³/mol. The molecule has 1 atom stereocenters. The average molecular weight is 271 g/mol. The maximum atomic E-state index is 13.3. The van der Waals surface area contributed by atoms with Crippen molar-refractivity contribution in [3.05, 3.63) is 65.5 Å². The van der Waals surface area contributed by atoms with Gasteiger partial charge in [0.25, 0.3) is 5.91 Å². The van der Waals surface area contributed by atoms with Crippen LogP contribution >= 0.6 is 0 Å². The van der Waals surface area contributed by atoms with Gasteiger partial charge in [0.05, 0.1) is 6.10 Å². The molecule has 2 aromatic carbocycles. The third-order valence-corrected chi connectivity index (χ3v) is 3.53. The second-order valence-electron chi connectivity index (χ2n) is 4.83. The minimum atomic E-state index is -0.722. The van der Waals surface area contributed by atoms with Crippen molar-refractivity contribution in [3.63, 3.8) is 0 Å². The van der Waals surface area contributed by atoms with Gasteiger partial charge < -0.3 is 10.0 Å². The fraction of sp³-hybridized carbons (Fsp3) is 0.188. The Hall–Kier alpha value is -2.20. The highest BCUT2D eigenvalue weighted by atomic mass is 19.1. The fourth-order valence-corrected chi connectivity index (χ4v) is 2.51. The maximum absolute atomic E-state index is 13.3. The molecule has 1 aliphatic rings. The van der Waals surface area contributed by atoms with E-state index in [0.29, 0.717) is 29.8 Å². The quantitative estimate of drug-likeness (QED) is 0.866. The van der Waals surface area contributed by atoms with Crippen LogP contribution in [0.15, 0.2) is 48.5 Å². The smallest absolute Gasteiger partial charge is 0.258 e. The van der Waals surface area contributed by atoms with Gasteiger partial charge in [0.1, 0.15) is 5.82 Å². The Morgan fingerprint density at radius 2 is 1.95 bits per heavy atom. The van der Waals surface area contributed by atoms with Gasteiger partial charge in [0, 0.05) is 23.4 Å². The van der Waals surface area contributed by atoms with Crippen LogP contribution in [0.1, 0.15) is 28.4 Å². The molecule has 0 fully saturated rings. The molecule has 0 saturated carbocycles. The molecule has 3 rings (SSSR count). The fourth-order valence-electron chi connectivity index (χ4n) is 2.51. The van der Waals surface area contributed by atoms with Gasteiger partial charge in [-0.1, -0.05) is 18.2 Å². The highest BCUT2D eigenvalue weighted by molar-refractivity contribution is 6.06. The van der Waals surface area contributed by atoms with Crippen LogP contribution in [-0.2, 0) is 0 Å². The molecule has 0 radical (unpaired) electrons. The summed E-state index contributed by atoms with van der Waals surface area (Å²) in [6.07, 6.45) is -0.310. The highest BCUT2D eigenvalue weighted by Gasteiger charge is 2.28. The number of carbonyl (C=O) groups is 1. The second kappa shape index (κ2) is 5.06. The van der Waals surface area contributed by atoms with Crippen LogP contribution in [0, 0.1) is 5.82 Å². The number of hydrogen-bond acceptors (Lipinski definition) is 2. The lowest BCUT2D eigenvalue weighted by atomic mass is 9.98. The molecule has 3 nitrogen and oxygen atoms in total. The van der Waals surface area contributed by atoms with E-state index in [-0.39, 0.29) is 5.91 Å². The van der Waals surface area contributed by atoms with Crippen LogP contribution in [-0.4, -0.2) is 17.6 Å². The summed E-state index contributed by atoms with van der Waals surface area (Å²) in [7, 11) is 0. The lowest BCUT2D eigenvalue weighted by Gasteiger charge is -2.32. The van der Waals surface area contributed by atoms with E-state index in [1.165, 1.54) is 12.1 Å². The molecule has 0 aromatic heterocycles. The van der Waals surface area contributed by atoms with Crippen molar-refractivity contribution in [3.8, 4) is 0 Å². The minimum absolute atomic E-state index is 0.134. The van der Waals surface area contributed by atoms with Crippen molar-refractivity contribution in [1.29, 1.82) is 0 Å². The average Bonchev–Trinajstić information content (AvgIpc) is 2.48. The summed E-state index contributed by atoms with van der Waals surface area (Å²) in [4.78, 5) is 14.1. The molecule has 1 N–H and O–H groups in total. The lowest BCUT2D eigenvalue weighted by Crippen LogP contribution is -2.36. The summed E-state index contributed by atoms with van der Waals surface area (Å²) in [5.74, 6) is -0.540. The van der Waals surface area contributed by atoms with E-state index in [2.05, 4.69) is 0 Å². The number of halogens is 1. The number of aliphatic hydroxyl groups is 1. The first-order chi connectivity index (χ1) is 9.66. The number of anilines is 1. The number of hydrogen-bond donors (Lipinski definition) is 1. The van der Waals surface area contributed by atoms with E-state index in [4.69, 9.17) is 0 Å². The van der Waals surface area contributed by atoms with Crippen molar-refractivity contribution in [1.82, 2.24) is 0 Å². The highest BCUT2D eigenvalue weighted by Crippen LogP contribution is 2.34. The number of aliphatic hydroxyl groups excluding tert-OH is 1. The van der Waals surface area contributed by atoms with Crippen LogP contribution in [0.2, 0.25) is 0 Å². The second-order valence-corrected chi connectivity index (χ2v) is 4.83. The molecular formula is C16H14FNO2. The van der Waals surface area contributed by atoms with Gasteiger partial charge in [-0.05, 0) is 36.8 Å². The third-order valence-electron chi connectivity index (χ3n) is 3.53. The first-order valence-electron chi connectivity index (χ1n) is 6.51. The summed E-state index contributed by atoms with van der Waals surface area (Å²) >= 11 is 0. The number of rotatable bonds is 1. The first kappa shape index (κ1) is 12.8. The zero-order valence-corrected chi connectivity index (χ0v) is 10.8. The Balaban J connectivity index is 2.01. The van der Waals surface area contributed by atoms with Crippen LogP contribution in [0.5, 0.6) is 0 Å². The van der Waals surface area contributed by atoms with Crippen LogP contribution in [0.3, 0.4) is 0 Å². The summed E-state index contributed by atoms with van der Waals surface area (Å²) in [6.45, 7) is 0.424. The lowest BCUT2D eigenvalue weighted by molar-refractivity contribution is 0.0970. The summed E-state index contributed by atoms with van der Waals surface area (Å²) < 4.78 is 13.3. The normalized spacial score (nSPS) is 17.7. The summed E-state index contributed by atoms with van der Waals surface area (Å²) in [6, 6.07) is 13.1. The number of nitrogens with zero attached hydrogens (tertiary/aromatic N) is 1. The maximum Gasteiger partial charge on any atom is 0.258 e. The predicted octanol–water partition coefficient (Wildman–Crippen LogP) is 2.91. The van der Waals surface area contributed by atoms with E-state index in [0.717, 1.165) is 0 Å². The number of fused-ring (bicyclic) bond motifs is 1. The largest absolute Gasteiger partial charge is 0.388 e. The van der Waals surface area contributed by atoms with Gasteiger partial charge in [-0.25, -0.2) is 4.39 Å². The molecule has 0 saturated heterocycles. The molecule has 102 valence electrons. The van der Waals surface area contributed by atoms with Gasteiger partial charge in [0.15, 0.2) is 0 Å². The van der Waals surface area contributed by atoms with Crippen molar-refractivity contribution in [2.75, 3.05) is 11.4 Å². The number of amides is 1. The Kier molecular flexibility index (Phi) is 3.24. The standard InChI is InChI=1S/C16H14FNO2/c17-12-6-7-14-13(10-12)15(19)8-9-18(14)16(20)11-4-2-1-3-5-11/h1-7,10,15,19H,8-9H2. The van der Waals surface area contributed by atoms with Crippen molar-refractivity contribution in [2.45, 2.75) is 12.5 Å². The van der Waals surface area contributed by atoms with Gasteiger partial charge in [-0.3, -0.25) is 4.79 Å². The molecule has 0 aliphatic carbocycles. The molecule has 1 unspecified atom stereocenters. The van der Waals surface area contributed by atoms with Crippen molar-refractivity contribution >= 4 is 11.6 Å².